The van der Waals surface area contributed by atoms with Gasteiger partial charge in [0.2, 0.25) is 5.91 Å². The van der Waals surface area contributed by atoms with Crippen molar-refractivity contribution < 1.29 is 20.1 Å². The Kier molecular flexibility index (Phi) is 42.6. The fourth-order valence-corrected chi connectivity index (χ4v) is 7.33. The molecule has 0 bridgehead atoms. The summed E-state index contributed by atoms with van der Waals surface area (Å²) in [5, 5.41) is 33.5. The van der Waals surface area contributed by atoms with Crippen LogP contribution in [0, 0.1) is 0 Å². The molecule has 0 radical (unpaired) electrons. The fourth-order valence-electron chi connectivity index (χ4n) is 7.33. The van der Waals surface area contributed by atoms with Crippen molar-refractivity contribution in [3.63, 3.8) is 0 Å². The molecule has 0 fully saturated rings. The van der Waals surface area contributed by atoms with Crippen LogP contribution in [0.2, 0.25) is 0 Å². The largest absolute Gasteiger partial charge is 0.394 e. The van der Waals surface area contributed by atoms with E-state index in [1.54, 1.807) is 0 Å². The van der Waals surface area contributed by atoms with E-state index in [2.05, 4.69) is 43.5 Å². The van der Waals surface area contributed by atoms with Crippen molar-refractivity contribution in [2.75, 3.05) is 6.61 Å². The van der Waals surface area contributed by atoms with Crippen molar-refractivity contribution >= 4 is 5.91 Å². The maximum Gasteiger partial charge on any atom is 0.220 e. The molecule has 0 aliphatic rings. The number of carbonyl (C=O) groups excluding carboxylic acids is 1. The summed E-state index contributed by atoms with van der Waals surface area (Å²) in [5.74, 6) is -0.155. The molecule has 0 aliphatic heterocycles. The highest BCUT2D eigenvalue weighted by Crippen LogP contribution is 2.16. The maximum atomic E-state index is 12.4. The van der Waals surface area contributed by atoms with Crippen LogP contribution < -0.4 is 5.32 Å². The van der Waals surface area contributed by atoms with Crippen LogP contribution in [-0.2, 0) is 4.79 Å². The van der Waals surface area contributed by atoms with Crippen molar-refractivity contribution in [2.24, 2.45) is 0 Å². The highest BCUT2D eigenvalue weighted by molar-refractivity contribution is 5.76. The van der Waals surface area contributed by atoms with Crippen molar-refractivity contribution in [1.29, 1.82) is 0 Å². The van der Waals surface area contributed by atoms with Crippen LogP contribution in [0.4, 0.5) is 0 Å². The highest BCUT2D eigenvalue weighted by Gasteiger charge is 2.26. The third-order valence-corrected chi connectivity index (χ3v) is 11.0. The second-order valence-electron chi connectivity index (χ2n) is 16.3. The molecule has 0 aromatic carbocycles. The molecular formula is C48H93NO4. The molecular weight excluding hydrogens is 655 g/mol. The summed E-state index contributed by atoms with van der Waals surface area (Å²) in [6, 6.07) is -0.825. The average Bonchev–Trinajstić information content (AvgIpc) is 3.16. The number of allylic oxidation sites excluding steroid dienone is 4. The quantitative estimate of drug-likeness (QED) is 0.0369. The maximum absolute atomic E-state index is 12.4. The van der Waals surface area contributed by atoms with Gasteiger partial charge >= 0.3 is 0 Å². The Morgan fingerprint density at radius 2 is 0.755 bits per heavy atom. The summed E-state index contributed by atoms with van der Waals surface area (Å²) in [5.41, 5.74) is 0. The van der Waals surface area contributed by atoms with Gasteiger partial charge in [-0.3, -0.25) is 4.79 Å². The Morgan fingerprint density at radius 1 is 0.453 bits per heavy atom. The van der Waals surface area contributed by atoms with Gasteiger partial charge in [0, 0.05) is 6.42 Å². The van der Waals surface area contributed by atoms with E-state index >= 15 is 0 Å². The molecule has 5 heteroatoms. The Bertz CT molecular complexity index is 784. The SMILES string of the molecule is CCCCCCCCCCCC/C=C/CCCC(O)C(O)C(CO)NC(=O)CCCCCCCCCC/C=C\CCCCCCCCCCCCCC. The molecule has 3 atom stereocenters. The number of aliphatic hydroxyl groups is 3. The molecule has 4 N–H and O–H groups in total. The lowest BCUT2D eigenvalue weighted by Gasteiger charge is -2.26. The number of rotatable bonds is 43. The first-order valence-electron chi connectivity index (χ1n) is 23.6. The predicted octanol–water partition coefficient (Wildman–Crippen LogP) is 13.8. The molecule has 3 unspecified atom stereocenters. The number of hydrogen-bond donors (Lipinski definition) is 4. The highest BCUT2D eigenvalue weighted by atomic mass is 16.3. The number of aliphatic hydroxyl groups excluding tert-OH is 3. The van der Waals surface area contributed by atoms with E-state index in [1.165, 1.54) is 186 Å². The number of nitrogens with one attached hydrogen (secondary N) is 1. The van der Waals surface area contributed by atoms with Gasteiger partial charge in [-0.25, -0.2) is 0 Å². The third kappa shape index (κ3) is 38.9. The molecule has 314 valence electrons. The van der Waals surface area contributed by atoms with E-state index < -0.39 is 18.2 Å². The minimum atomic E-state index is -1.16. The van der Waals surface area contributed by atoms with Crippen LogP contribution in [0.1, 0.15) is 251 Å². The zero-order chi connectivity index (χ0) is 38.7. The van der Waals surface area contributed by atoms with E-state index in [9.17, 15) is 20.1 Å². The van der Waals surface area contributed by atoms with Crippen LogP contribution in [0.15, 0.2) is 24.3 Å². The van der Waals surface area contributed by atoms with E-state index in [0.29, 0.717) is 12.8 Å². The van der Waals surface area contributed by atoms with E-state index in [0.717, 1.165) is 38.5 Å². The van der Waals surface area contributed by atoms with Gasteiger partial charge in [0.25, 0.3) is 0 Å². The predicted molar refractivity (Wildman–Crippen MR) is 231 cm³/mol. The molecule has 0 aliphatic carbocycles. The standard InChI is InChI=1S/C48H93NO4/c1-3-5-7-9-11-13-15-17-19-20-21-22-23-24-25-26-27-29-31-33-35-37-39-41-43-47(52)49-45(44-50)48(53)46(51)42-40-38-36-34-32-30-28-18-16-14-12-10-8-6-4-2/h24-25,34,36,45-46,48,50-51,53H,3-23,26-33,35,37-44H2,1-2H3,(H,49,52)/b25-24-,36-34+. The molecule has 0 heterocycles. The normalized spacial score (nSPS) is 13.7. The van der Waals surface area contributed by atoms with Gasteiger partial charge in [-0.1, -0.05) is 205 Å². The molecule has 0 saturated carbocycles. The summed E-state index contributed by atoms with van der Waals surface area (Å²) < 4.78 is 0. The number of carbonyl (C=O) groups is 1. The van der Waals surface area contributed by atoms with Gasteiger partial charge in [-0.2, -0.15) is 0 Å². The van der Waals surface area contributed by atoms with Gasteiger partial charge in [0.15, 0.2) is 0 Å². The molecule has 0 saturated heterocycles. The summed E-state index contributed by atoms with van der Waals surface area (Å²) in [6.45, 7) is 4.18. The minimum absolute atomic E-state index is 0.155. The summed E-state index contributed by atoms with van der Waals surface area (Å²) in [6.07, 6.45) is 53.0. The van der Waals surface area contributed by atoms with Crippen LogP contribution >= 0.6 is 0 Å². The lowest BCUT2D eigenvalue weighted by Crippen LogP contribution is -2.50. The number of unbranched alkanes of at least 4 members (excludes halogenated alkanes) is 31. The molecule has 1 amide bonds. The van der Waals surface area contributed by atoms with Crippen LogP contribution in [0.5, 0.6) is 0 Å². The molecule has 0 spiro atoms. The molecule has 0 aromatic rings. The van der Waals surface area contributed by atoms with E-state index in [-0.39, 0.29) is 12.5 Å². The number of hydrogen-bond acceptors (Lipinski definition) is 4. The molecule has 5 nitrogen and oxygen atoms in total. The lowest BCUT2D eigenvalue weighted by molar-refractivity contribution is -0.124. The van der Waals surface area contributed by atoms with Gasteiger partial charge < -0.3 is 20.6 Å². The van der Waals surface area contributed by atoms with E-state index in [4.69, 9.17) is 0 Å². The number of amides is 1. The zero-order valence-electron chi connectivity index (χ0n) is 35.7. The van der Waals surface area contributed by atoms with Crippen molar-refractivity contribution in [3.05, 3.63) is 24.3 Å². The van der Waals surface area contributed by atoms with Crippen molar-refractivity contribution in [2.45, 2.75) is 270 Å². The monoisotopic (exact) mass is 748 g/mol. The van der Waals surface area contributed by atoms with E-state index in [1.807, 2.05) is 0 Å². The topological polar surface area (TPSA) is 89.8 Å². The average molecular weight is 748 g/mol. The van der Waals surface area contributed by atoms with Gasteiger partial charge in [0.05, 0.1) is 18.8 Å². The lowest BCUT2D eigenvalue weighted by atomic mass is 10.0. The summed E-state index contributed by atoms with van der Waals surface area (Å²) >= 11 is 0. The third-order valence-electron chi connectivity index (χ3n) is 11.0. The van der Waals surface area contributed by atoms with Crippen LogP contribution in [0.25, 0.3) is 0 Å². The smallest absolute Gasteiger partial charge is 0.220 e. The Labute approximate surface area is 331 Å². The fraction of sp³-hybridized carbons (Fsp3) is 0.896. The second-order valence-corrected chi connectivity index (χ2v) is 16.3. The summed E-state index contributed by atoms with van der Waals surface area (Å²) in [7, 11) is 0. The Morgan fingerprint density at radius 3 is 1.09 bits per heavy atom. The first-order valence-corrected chi connectivity index (χ1v) is 23.6. The zero-order valence-corrected chi connectivity index (χ0v) is 35.7. The van der Waals surface area contributed by atoms with Gasteiger partial charge in [-0.15, -0.1) is 0 Å². The molecule has 53 heavy (non-hydrogen) atoms. The van der Waals surface area contributed by atoms with Crippen molar-refractivity contribution in [3.8, 4) is 0 Å². The molecule has 0 rings (SSSR count). The first-order chi connectivity index (χ1) is 26.1. The Hall–Kier alpha value is -1.17. The molecule has 0 aromatic heterocycles. The second kappa shape index (κ2) is 43.6. The van der Waals surface area contributed by atoms with Crippen molar-refractivity contribution in [1.82, 2.24) is 5.32 Å². The van der Waals surface area contributed by atoms with Gasteiger partial charge in [-0.05, 0) is 64.2 Å². The first kappa shape index (κ1) is 51.8. The Balaban J connectivity index is 3.61. The van der Waals surface area contributed by atoms with Crippen LogP contribution in [-0.4, -0.2) is 46.1 Å². The minimum Gasteiger partial charge on any atom is -0.394 e. The van der Waals surface area contributed by atoms with Gasteiger partial charge in [0.1, 0.15) is 6.10 Å². The summed E-state index contributed by atoms with van der Waals surface area (Å²) in [4.78, 5) is 12.4. The van der Waals surface area contributed by atoms with Crippen LogP contribution in [0.3, 0.4) is 0 Å².